The summed E-state index contributed by atoms with van der Waals surface area (Å²) < 4.78 is 27.6. The standard InChI is InChI=1S/C20H19F2N3O4.ClH/c21-17-2-1-3-18(22)19(17)20(27)24-10-8-23(9-11-24)13-16(26)12-14-4-6-15(7-5-14)25(28)29;/h1-7H,8-13H2;1H. The zero-order valence-electron chi connectivity index (χ0n) is 15.9. The van der Waals surface area contributed by atoms with Gasteiger partial charge in [-0.25, -0.2) is 8.78 Å². The van der Waals surface area contributed by atoms with Gasteiger partial charge in [-0.2, -0.15) is 0 Å². The summed E-state index contributed by atoms with van der Waals surface area (Å²) in [6.07, 6.45) is 0.150. The number of ketones is 1. The van der Waals surface area contributed by atoms with E-state index in [-0.39, 0.29) is 49.9 Å². The molecule has 0 atom stereocenters. The van der Waals surface area contributed by atoms with Gasteiger partial charge in [0.2, 0.25) is 0 Å². The van der Waals surface area contributed by atoms with Gasteiger partial charge in [-0.1, -0.05) is 18.2 Å². The summed E-state index contributed by atoms with van der Waals surface area (Å²) in [5.41, 5.74) is 0.0907. The molecule has 1 heterocycles. The number of non-ortho nitro benzene ring substituents is 1. The highest BCUT2D eigenvalue weighted by atomic mass is 35.5. The van der Waals surface area contributed by atoms with E-state index in [0.29, 0.717) is 18.7 Å². The van der Waals surface area contributed by atoms with Crippen molar-refractivity contribution in [3.63, 3.8) is 0 Å². The lowest BCUT2D eigenvalue weighted by atomic mass is 10.1. The van der Waals surface area contributed by atoms with Crippen LogP contribution in [0.25, 0.3) is 0 Å². The minimum Gasteiger partial charge on any atom is -0.336 e. The minimum absolute atomic E-state index is 0. The molecular formula is C20H20ClF2N3O4. The van der Waals surface area contributed by atoms with E-state index in [4.69, 9.17) is 0 Å². The maximum absolute atomic E-state index is 13.8. The van der Waals surface area contributed by atoms with E-state index in [9.17, 15) is 28.5 Å². The summed E-state index contributed by atoms with van der Waals surface area (Å²) in [7, 11) is 0. The van der Waals surface area contributed by atoms with Crippen molar-refractivity contribution in [2.45, 2.75) is 6.42 Å². The summed E-state index contributed by atoms with van der Waals surface area (Å²) >= 11 is 0. The molecule has 1 saturated heterocycles. The van der Waals surface area contributed by atoms with Crippen molar-refractivity contribution < 1.29 is 23.3 Å². The molecule has 1 fully saturated rings. The summed E-state index contributed by atoms with van der Waals surface area (Å²) in [6, 6.07) is 9.11. The maximum Gasteiger partial charge on any atom is 0.269 e. The van der Waals surface area contributed by atoms with E-state index in [1.54, 1.807) is 12.1 Å². The van der Waals surface area contributed by atoms with Gasteiger partial charge in [0.1, 0.15) is 17.2 Å². The van der Waals surface area contributed by atoms with Crippen LogP contribution in [0.1, 0.15) is 15.9 Å². The fraction of sp³-hybridized carbons (Fsp3) is 0.300. The Hall–Kier alpha value is -2.91. The number of carbonyl (C=O) groups is 2. The molecule has 3 rings (SSSR count). The Morgan fingerprint density at radius 3 is 2.07 bits per heavy atom. The van der Waals surface area contributed by atoms with Crippen molar-refractivity contribution in [1.29, 1.82) is 0 Å². The van der Waals surface area contributed by atoms with Crippen molar-refractivity contribution in [1.82, 2.24) is 9.80 Å². The predicted molar refractivity (Wildman–Crippen MR) is 108 cm³/mol. The minimum atomic E-state index is -0.893. The van der Waals surface area contributed by atoms with Crippen molar-refractivity contribution in [3.8, 4) is 0 Å². The van der Waals surface area contributed by atoms with Gasteiger partial charge in [0, 0.05) is 44.7 Å². The Morgan fingerprint density at radius 2 is 1.53 bits per heavy atom. The molecule has 1 amide bonds. The van der Waals surface area contributed by atoms with Crippen LogP contribution in [0, 0.1) is 21.7 Å². The molecule has 10 heteroatoms. The van der Waals surface area contributed by atoms with Gasteiger partial charge in [-0.15, -0.1) is 12.4 Å². The molecule has 160 valence electrons. The molecular weight excluding hydrogens is 420 g/mol. The highest BCUT2D eigenvalue weighted by Crippen LogP contribution is 2.17. The average molecular weight is 440 g/mol. The molecule has 0 spiro atoms. The first kappa shape index (κ1) is 23.4. The molecule has 2 aromatic carbocycles. The van der Waals surface area contributed by atoms with Gasteiger partial charge >= 0.3 is 0 Å². The van der Waals surface area contributed by atoms with E-state index in [1.807, 2.05) is 4.90 Å². The molecule has 30 heavy (non-hydrogen) atoms. The molecule has 1 aliphatic rings. The Morgan fingerprint density at radius 1 is 0.967 bits per heavy atom. The molecule has 0 aromatic heterocycles. The SMILES string of the molecule is Cl.O=C(Cc1ccc([N+](=O)[O-])cc1)CN1CCN(C(=O)c2c(F)cccc2F)CC1. The van der Waals surface area contributed by atoms with Gasteiger partial charge in [0.25, 0.3) is 11.6 Å². The van der Waals surface area contributed by atoms with Crippen LogP contribution in [0.4, 0.5) is 14.5 Å². The van der Waals surface area contributed by atoms with Crippen LogP contribution in [0.3, 0.4) is 0 Å². The number of carbonyl (C=O) groups excluding carboxylic acids is 2. The summed E-state index contributed by atoms with van der Waals surface area (Å²) in [5, 5.41) is 10.7. The third-order valence-corrected chi connectivity index (χ3v) is 4.78. The summed E-state index contributed by atoms with van der Waals surface area (Å²) in [5.74, 6) is -2.54. The van der Waals surface area contributed by atoms with Crippen molar-refractivity contribution in [3.05, 3.63) is 75.3 Å². The highest BCUT2D eigenvalue weighted by Gasteiger charge is 2.27. The Labute approximate surface area is 177 Å². The zero-order chi connectivity index (χ0) is 21.0. The monoisotopic (exact) mass is 439 g/mol. The number of benzene rings is 2. The lowest BCUT2D eigenvalue weighted by Gasteiger charge is -2.34. The zero-order valence-corrected chi connectivity index (χ0v) is 16.7. The topological polar surface area (TPSA) is 83.8 Å². The Bertz CT molecular complexity index is 912. The second kappa shape index (κ2) is 10.2. The first-order valence-corrected chi connectivity index (χ1v) is 9.06. The number of amides is 1. The van der Waals surface area contributed by atoms with Crippen LogP contribution < -0.4 is 0 Å². The van der Waals surface area contributed by atoms with Crippen LogP contribution in [-0.2, 0) is 11.2 Å². The Balaban J connectivity index is 0.00000320. The van der Waals surface area contributed by atoms with E-state index in [2.05, 4.69) is 0 Å². The van der Waals surface area contributed by atoms with Gasteiger partial charge in [0.05, 0.1) is 11.5 Å². The Kier molecular flexibility index (Phi) is 7.96. The van der Waals surface area contributed by atoms with Gasteiger partial charge in [-0.05, 0) is 17.7 Å². The molecule has 7 nitrogen and oxygen atoms in total. The number of nitro groups is 1. The largest absolute Gasteiger partial charge is 0.336 e. The third kappa shape index (κ3) is 5.58. The van der Waals surface area contributed by atoms with Crippen LogP contribution in [-0.4, -0.2) is 59.1 Å². The second-order valence-electron chi connectivity index (χ2n) is 6.80. The van der Waals surface area contributed by atoms with Gasteiger partial charge in [-0.3, -0.25) is 24.6 Å². The average Bonchev–Trinajstić information content (AvgIpc) is 2.68. The molecule has 0 bridgehead atoms. The molecule has 0 N–H and O–H groups in total. The normalized spacial score (nSPS) is 14.1. The number of Topliss-reactive ketones (excluding diaryl/α,β-unsaturated/α-hetero) is 1. The number of piperazine rings is 1. The number of hydrogen-bond acceptors (Lipinski definition) is 5. The van der Waals surface area contributed by atoms with Gasteiger partial charge in [0.15, 0.2) is 5.78 Å². The lowest BCUT2D eigenvalue weighted by Crippen LogP contribution is -2.50. The molecule has 0 saturated carbocycles. The van der Waals surface area contributed by atoms with E-state index < -0.39 is 28.0 Å². The van der Waals surface area contributed by atoms with E-state index in [0.717, 1.165) is 12.1 Å². The van der Waals surface area contributed by atoms with Gasteiger partial charge < -0.3 is 4.90 Å². The molecule has 0 radical (unpaired) electrons. The molecule has 2 aromatic rings. The fourth-order valence-electron chi connectivity index (χ4n) is 3.24. The highest BCUT2D eigenvalue weighted by molar-refractivity contribution is 5.94. The van der Waals surface area contributed by atoms with Crippen LogP contribution >= 0.6 is 12.4 Å². The van der Waals surface area contributed by atoms with Crippen molar-refractivity contribution >= 4 is 29.8 Å². The second-order valence-corrected chi connectivity index (χ2v) is 6.80. The first-order valence-electron chi connectivity index (χ1n) is 9.06. The molecule has 0 unspecified atom stereocenters. The predicted octanol–water partition coefficient (Wildman–Crippen LogP) is 2.86. The number of halogens is 3. The van der Waals surface area contributed by atoms with E-state index in [1.165, 1.54) is 23.1 Å². The lowest BCUT2D eigenvalue weighted by molar-refractivity contribution is -0.384. The van der Waals surface area contributed by atoms with Crippen molar-refractivity contribution in [2.75, 3.05) is 32.7 Å². The third-order valence-electron chi connectivity index (χ3n) is 4.78. The fourth-order valence-corrected chi connectivity index (χ4v) is 3.24. The molecule has 0 aliphatic carbocycles. The quantitative estimate of drug-likeness (QED) is 0.510. The molecule has 1 aliphatic heterocycles. The smallest absolute Gasteiger partial charge is 0.269 e. The van der Waals surface area contributed by atoms with E-state index >= 15 is 0 Å². The van der Waals surface area contributed by atoms with Crippen LogP contribution in [0.2, 0.25) is 0 Å². The summed E-state index contributed by atoms with van der Waals surface area (Å²) in [6.45, 7) is 1.52. The number of nitro benzene ring substituents is 1. The maximum atomic E-state index is 13.8. The van der Waals surface area contributed by atoms with Crippen molar-refractivity contribution in [2.24, 2.45) is 0 Å². The van der Waals surface area contributed by atoms with Crippen LogP contribution in [0.15, 0.2) is 42.5 Å². The number of rotatable bonds is 6. The van der Waals surface area contributed by atoms with Crippen LogP contribution in [0.5, 0.6) is 0 Å². The number of nitrogens with zero attached hydrogens (tertiary/aromatic N) is 3. The summed E-state index contributed by atoms with van der Waals surface area (Å²) in [4.78, 5) is 38.1. The number of hydrogen-bond donors (Lipinski definition) is 0. The first-order chi connectivity index (χ1) is 13.8.